The van der Waals surface area contributed by atoms with E-state index in [1.807, 2.05) is 53.1 Å². The predicted molar refractivity (Wildman–Crippen MR) is 123 cm³/mol. The molecule has 0 atom stereocenters. The number of nitrogens with zero attached hydrogens (tertiary/aromatic N) is 2. The van der Waals surface area contributed by atoms with Gasteiger partial charge in [-0.05, 0) is 47.9 Å². The Morgan fingerprint density at radius 2 is 1.84 bits per heavy atom. The molecule has 2 heterocycles. The second-order valence-electron chi connectivity index (χ2n) is 7.89. The fourth-order valence-electron chi connectivity index (χ4n) is 3.56. The number of benzene rings is 2. The molecule has 7 heteroatoms. The van der Waals surface area contributed by atoms with Crippen LogP contribution >= 0.6 is 0 Å². The lowest BCUT2D eigenvalue weighted by Crippen LogP contribution is -2.01. The SMILES string of the molecule is CC(C)c1nc2c(N)cccn2c1-c1cccc(OCc2cccc(S(C)(=O)=O)c2)c1. The molecule has 0 spiro atoms. The minimum atomic E-state index is -3.26. The Labute approximate surface area is 182 Å². The van der Waals surface area contributed by atoms with Crippen LogP contribution in [0.3, 0.4) is 0 Å². The molecule has 0 aliphatic rings. The summed E-state index contributed by atoms with van der Waals surface area (Å²) in [4.78, 5) is 5.07. The van der Waals surface area contributed by atoms with Gasteiger partial charge in [-0.1, -0.05) is 38.1 Å². The second-order valence-corrected chi connectivity index (χ2v) is 9.91. The van der Waals surface area contributed by atoms with E-state index in [0.717, 1.165) is 28.2 Å². The summed E-state index contributed by atoms with van der Waals surface area (Å²) in [5, 5.41) is 0. The van der Waals surface area contributed by atoms with Gasteiger partial charge in [0.1, 0.15) is 12.4 Å². The van der Waals surface area contributed by atoms with Crippen LogP contribution < -0.4 is 10.5 Å². The molecule has 2 aromatic carbocycles. The van der Waals surface area contributed by atoms with Crippen LogP contribution in [-0.2, 0) is 16.4 Å². The topological polar surface area (TPSA) is 86.7 Å². The van der Waals surface area contributed by atoms with Crippen LogP contribution in [0.2, 0.25) is 0 Å². The molecule has 4 rings (SSSR count). The van der Waals surface area contributed by atoms with E-state index >= 15 is 0 Å². The lowest BCUT2D eigenvalue weighted by Gasteiger charge is -2.11. The molecule has 0 fully saturated rings. The fraction of sp³-hybridized carbons (Fsp3) is 0.208. The number of nitrogens with two attached hydrogens (primary N) is 1. The average Bonchev–Trinajstić information content (AvgIpc) is 3.13. The molecule has 31 heavy (non-hydrogen) atoms. The minimum absolute atomic E-state index is 0.220. The van der Waals surface area contributed by atoms with E-state index in [2.05, 4.69) is 13.8 Å². The summed E-state index contributed by atoms with van der Waals surface area (Å²) in [5.74, 6) is 0.911. The quantitative estimate of drug-likeness (QED) is 0.475. The van der Waals surface area contributed by atoms with Crippen LogP contribution in [-0.4, -0.2) is 24.1 Å². The number of aromatic nitrogens is 2. The molecule has 2 aromatic heterocycles. The molecule has 0 radical (unpaired) electrons. The lowest BCUT2D eigenvalue weighted by atomic mass is 10.0. The molecule has 0 unspecified atom stereocenters. The number of anilines is 1. The third-order valence-corrected chi connectivity index (χ3v) is 6.20. The third kappa shape index (κ3) is 4.27. The summed E-state index contributed by atoms with van der Waals surface area (Å²) in [7, 11) is -3.26. The van der Waals surface area contributed by atoms with Crippen molar-refractivity contribution in [3.05, 3.63) is 78.1 Å². The van der Waals surface area contributed by atoms with Gasteiger partial charge in [0.25, 0.3) is 0 Å². The highest BCUT2D eigenvalue weighted by Gasteiger charge is 2.18. The zero-order valence-corrected chi connectivity index (χ0v) is 18.6. The number of fused-ring (bicyclic) bond motifs is 1. The van der Waals surface area contributed by atoms with Gasteiger partial charge in [0.15, 0.2) is 15.5 Å². The van der Waals surface area contributed by atoms with Crippen molar-refractivity contribution in [3.63, 3.8) is 0 Å². The van der Waals surface area contributed by atoms with Gasteiger partial charge in [-0.15, -0.1) is 0 Å². The highest BCUT2D eigenvalue weighted by Crippen LogP contribution is 2.33. The maximum atomic E-state index is 11.8. The van der Waals surface area contributed by atoms with Crippen LogP contribution in [0.1, 0.15) is 31.0 Å². The molecule has 0 amide bonds. The van der Waals surface area contributed by atoms with Gasteiger partial charge in [0, 0.05) is 18.0 Å². The monoisotopic (exact) mass is 435 g/mol. The van der Waals surface area contributed by atoms with Gasteiger partial charge in [-0.2, -0.15) is 0 Å². The first-order valence-electron chi connectivity index (χ1n) is 10.0. The van der Waals surface area contributed by atoms with Crippen LogP contribution in [0.25, 0.3) is 16.9 Å². The number of hydrogen-bond donors (Lipinski definition) is 1. The smallest absolute Gasteiger partial charge is 0.175 e. The Morgan fingerprint density at radius 1 is 1.06 bits per heavy atom. The highest BCUT2D eigenvalue weighted by molar-refractivity contribution is 7.90. The molecule has 2 N–H and O–H groups in total. The van der Waals surface area contributed by atoms with E-state index < -0.39 is 9.84 Å². The molecule has 0 saturated carbocycles. The summed E-state index contributed by atoms with van der Waals surface area (Å²) >= 11 is 0. The predicted octanol–water partition coefficient (Wildman–Crippen LogP) is 4.69. The maximum absolute atomic E-state index is 11.8. The van der Waals surface area contributed by atoms with Crippen LogP contribution in [0.4, 0.5) is 5.69 Å². The Bertz CT molecular complexity index is 1360. The van der Waals surface area contributed by atoms with Crippen molar-refractivity contribution in [3.8, 4) is 17.0 Å². The first kappa shape index (κ1) is 20.9. The number of sulfone groups is 1. The number of nitrogen functional groups attached to an aromatic ring is 1. The molecule has 0 saturated heterocycles. The van der Waals surface area contributed by atoms with E-state index in [1.165, 1.54) is 6.26 Å². The number of hydrogen-bond acceptors (Lipinski definition) is 5. The largest absolute Gasteiger partial charge is 0.489 e. The van der Waals surface area contributed by atoms with Gasteiger partial charge < -0.3 is 10.5 Å². The Hall–Kier alpha value is -3.32. The summed E-state index contributed by atoms with van der Waals surface area (Å²) in [6, 6.07) is 18.4. The third-order valence-electron chi connectivity index (χ3n) is 5.09. The first-order chi connectivity index (χ1) is 14.7. The number of rotatable bonds is 6. The molecule has 0 aliphatic heterocycles. The van der Waals surface area contributed by atoms with Gasteiger partial charge in [0.05, 0.1) is 22.0 Å². The summed E-state index contributed by atoms with van der Waals surface area (Å²) < 4.78 is 31.6. The van der Waals surface area contributed by atoms with Crippen molar-refractivity contribution in [1.29, 1.82) is 0 Å². The van der Waals surface area contributed by atoms with E-state index in [1.54, 1.807) is 18.2 Å². The fourth-order valence-corrected chi connectivity index (χ4v) is 4.25. The maximum Gasteiger partial charge on any atom is 0.175 e. The minimum Gasteiger partial charge on any atom is -0.489 e. The molecule has 160 valence electrons. The van der Waals surface area contributed by atoms with Gasteiger partial charge in [-0.25, -0.2) is 13.4 Å². The molecular weight excluding hydrogens is 410 g/mol. The van der Waals surface area contributed by atoms with E-state index in [0.29, 0.717) is 11.4 Å². The molecule has 4 aromatic rings. The first-order valence-corrected chi connectivity index (χ1v) is 11.9. The van der Waals surface area contributed by atoms with Gasteiger partial charge >= 0.3 is 0 Å². The van der Waals surface area contributed by atoms with Crippen molar-refractivity contribution in [2.75, 3.05) is 12.0 Å². The zero-order chi connectivity index (χ0) is 22.2. The van der Waals surface area contributed by atoms with Gasteiger partial charge in [0.2, 0.25) is 0 Å². The lowest BCUT2D eigenvalue weighted by molar-refractivity contribution is 0.306. The summed E-state index contributed by atoms with van der Waals surface area (Å²) in [5.41, 5.74) is 11.2. The molecule has 6 nitrogen and oxygen atoms in total. The van der Waals surface area contributed by atoms with Crippen molar-refractivity contribution < 1.29 is 13.2 Å². The van der Waals surface area contributed by atoms with Gasteiger partial charge in [-0.3, -0.25) is 4.40 Å². The number of ether oxygens (including phenoxy) is 1. The zero-order valence-electron chi connectivity index (χ0n) is 17.7. The molecule has 0 aliphatic carbocycles. The van der Waals surface area contributed by atoms with Crippen molar-refractivity contribution >= 4 is 21.2 Å². The van der Waals surface area contributed by atoms with Crippen molar-refractivity contribution in [2.45, 2.75) is 31.3 Å². The van der Waals surface area contributed by atoms with Crippen molar-refractivity contribution in [1.82, 2.24) is 9.38 Å². The average molecular weight is 436 g/mol. The standard InChI is InChI=1S/C24H25N3O3S/c1-16(2)22-23(27-12-6-11-21(25)24(27)26-22)18-8-5-9-19(14-18)30-15-17-7-4-10-20(13-17)31(3,28)29/h4-14,16H,15,25H2,1-3H3. The Kier molecular flexibility index (Phi) is 5.45. The van der Waals surface area contributed by atoms with Crippen molar-refractivity contribution in [2.24, 2.45) is 0 Å². The number of imidazole rings is 1. The highest BCUT2D eigenvalue weighted by atomic mass is 32.2. The molecular formula is C24H25N3O3S. The summed E-state index contributed by atoms with van der Waals surface area (Å²) in [6.45, 7) is 4.48. The normalized spacial score (nSPS) is 11.9. The molecule has 0 bridgehead atoms. The van der Waals surface area contributed by atoms with E-state index in [9.17, 15) is 8.42 Å². The summed E-state index contributed by atoms with van der Waals surface area (Å²) in [6.07, 6.45) is 3.16. The van der Waals surface area contributed by atoms with Crippen LogP contribution in [0.15, 0.2) is 71.8 Å². The van der Waals surface area contributed by atoms with Crippen LogP contribution in [0, 0.1) is 0 Å². The van der Waals surface area contributed by atoms with E-state index in [4.69, 9.17) is 15.5 Å². The second kappa shape index (κ2) is 8.07. The number of pyridine rings is 1. The van der Waals surface area contributed by atoms with Crippen LogP contribution in [0.5, 0.6) is 5.75 Å². The van der Waals surface area contributed by atoms with E-state index in [-0.39, 0.29) is 17.4 Å². The Balaban J connectivity index is 1.67. The Morgan fingerprint density at radius 3 is 2.58 bits per heavy atom.